The van der Waals surface area contributed by atoms with Crippen molar-refractivity contribution in [3.05, 3.63) is 17.0 Å². The lowest BCUT2D eigenvalue weighted by Gasteiger charge is -2.23. The van der Waals surface area contributed by atoms with Gasteiger partial charge < -0.3 is 5.32 Å². The Hall–Kier alpha value is -0.290. The lowest BCUT2D eigenvalue weighted by atomic mass is 10.1. The van der Waals surface area contributed by atoms with Crippen molar-refractivity contribution in [3.63, 3.8) is 0 Å². The van der Waals surface area contributed by atoms with Gasteiger partial charge in [0.15, 0.2) is 0 Å². The van der Waals surface area contributed by atoms with Crippen LogP contribution in [0.5, 0.6) is 0 Å². The standard InChI is InChI=1S/C10H14BrN3S/c1-10(3-2-4-15-10)6-12-9-5-8(11)13-7-14-9/h5,7H,2-4,6H2,1H3,(H,12,13,14). The second kappa shape index (κ2) is 4.70. The fourth-order valence-electron chi connectivity index (χ4n) is 1.68. The summed E-state index contributed by atoms with van der Waals surface area (Å²) < 4.78 is 1.20. The highest BCUT2D eigenvalue weighted by Gasteiger charge is 2.29. The minimum atomic E-state index is 0.372. The molecule has 0 bridgehead atoms. The molecule has 0 spiro atoms. The minimum Gasteiger partial charge on any atom is -0.369 e. The van der Waals surface area contributed by atoms with Crippen LogP contribution in [0.3, 0.4) is 0 Å². The van der Waals surface area contributed by atoms with E-state index in [1.54, 1.807) is 6.33 Å². The van der Waals surface area contributed by atoms with Crippen molar-refractivity contribution < 1.29 is 0 Å². The Morgan fingerprint density at radius 2 is 2.47 bits per heavy atom. The Bertz CT molecular complexity index is 339. The second-order valence-electron chi connectivity index (χ2n) is 3.98. The Morgan fingerprint density at radius 1 is 1.60 bits per heavy atom. The number of hydrogen-bond donors (Lipinski definition) is 1. The second-order valence-corrected chi connectivity index (χ2v) is 6.48. The summed E-state index contributed by atoms with van der Waals surface area (Å²) in [7, 11) is 0. The summed E-state index contributed by atoms with van der Waals surface area (Å²) in [5.41, 5.74) is 0. The van der Waals surface area contributed by atoms with E-state index in [0.29, 0.717) is 4.75 Å². The molecule has 5 heteroatoms. The number of anilines is 1. The monoisotopic (exact) mass is 287 g/mol. The van der Waals surface area contributed by atoms with E-state index < -0.39 is 0 Å². The van der Waals surface area contributed by atoms with Gasteiger partial charge in [0.1, 0.15) is 16.7 Å². The minimum absolute atomic E-state index is 0.372. The number of aromatic nitrogens is 2. The van der Waals surface area contributed by atoms with Crippen LogP contribution in [0.4, 0.5) is 5.82 Å². The topological polar surface area (TPSA) is 37.8 Å². The molecule has 0 aromatic carbocycles. The number of nitrogens with zero attached hydrogens (tertiary/aromatic N) is 2. The molecule has 1 saturated heterocycles. The normalized spacial score (nSPS) is 25.5. The van der Waals surface area contributed by atoms with Crippen molar-refractivity contribution in [3.8, 4) is 0 Å². The molecule has 2 heterocycles. The molecule has 0 saturated carbocycles. The van der Waals surface area contributed by atoms with Crippen LogP contribution >= 0.6 is 27.7 Å². The Morgan fingerprint density at radius 3 is 3.13 bits per heavy atom. The molecule has 15 heavy (non-hydrogen) atoms. The Balaban J connectivity index is 1.92. The van der Waals surface area contributed by atoms with Crippen molar-refractivity contribution in [1.82, 2.24) is 9.97 Å². The molecule has 1 fully saturated rings. The average molecular weight is 288 g/mol. The quantitative estimate of drug-likeness (QED) is 0.868. The van der Waals surface area contributed by atoms with Gasteiger partial charge in [-0.25, -0.2) is 9.97 Å². The fraction of sp³-hybridized carbons (Fsp3) is 0.600. The molecule has 1 aromatic heterocycles. The fourth-order valence-corrected chi connectivity index (χ4v) is 3.24. The molecule has 1 aliphatic rings. The third-order valence-corrected chi connectivity index (χ3v) is 4.55. The predicted molar refractivity (Wildman–Crippen MR) is 68.3 cm³/mol. The highest BCUT2D eigenvalue weighted by molar-refractivity contribution is 9.10. The van der Waals surface area contributed by atoms with Crippen LogP contribution in [-0.4, -0.2) is 27.0 Å². The SMILES string of the molecule is CC1(CNc2cc(Br)ncn2)CCCS1. The summed E-state index contributed by atoms with van der Waals surface area (Å²) in [4.78, 5) is 8.17. The lowest BCUT2D eigenvalue weighted by molar-refractivity contribution is 0.633. The molecule has 0 aliphatic carbocycles. The van der Waals surface area contributed by atoms with Crippen molar-refractivity contribution in [2.24, 2.45) is 0 Å². The third-order valence-electron chi connectivity index (χ3n) is 2.58. The summed E-state index contributed by atoms with van der Waals surface area (Å²) in [6.07, 6.45) is 4.18. The van der Waals surface area contributed by atoms with Crippen LogP contribution in [0.25, 0.3) is 0 Å². The van der Waals surface area contributed by atoms with Gasteiger partial charge in [-0.1, -0.05) is 0 Å². The maximum Gasteiger partial charge on any atom is 0.130 e. The van der Waals surface area contributed by atoms with Gasteiger partial charge in [-0.2, -0.15) is 11.8 Å². The number of hydrogen-bond acceptors (Lipinski definition) is 4. The van der Waals surface area contributed by atoms with Gasteiger partial charge in [-0.05, 0) is 41.4 Å². The summed E-state index contributed by atoms with van der Waals surface area (Å²) >= 11 is 5.38. The number of rotatable bonds is 3. The Kier molecular flexibility index (Phi) is 3.51. The maximum atomic E-state index is 4.17. The summed E-state index contributed by atoms with van der Waals surface area (Å²) in [6, 6.07) is 1.91. The average Bonchev–Trinajstić information content (AvgIpc) is 2.63. The Labute approximate surface area is 103 Å². The molecule has 82 valence electrons. The summed E-state index contributed by atoms with van der Waals surface area (Å²) in [5.74, 6) is 2.18. The smallest absolute Gasteiger partial charge is 0.130 e. The zero-order valence-corrected chi connectivity index (χ0v) is 11.1. The van der Waals surface area contributed by atoms with Crippen molar-refractivity contribution in [1.29, 1.82) is 0 Å². The van der Waals surface area contributed by atoms with E-state index in [1.807, 2.05) is 6.07 Å². The van der Waals surface area contributed by atoms with Gasteiger partial charge in [-0.15, -0.1) is 0 Å². The first-order valence-electron chi connectivity index (χ1n) is 5.03. The zero-order valence-electron chi connectivity index (χ0n) is 8.66. The molecule has 0 amide bonds. The van der Waals surface area contributed by atoms with Crippen molar-refractivity contribution in [2.45, 2.75) is 24.5 Å². The van der Waals surface area contributed by atoms with Crippen LogP contribution in [-0.2, 0) is 0 Å². The number of nitrogens with one attached hydrogen (secondary N) is 1. The molecule has 2 rings (SSSR count). The number of halogens is 1. The zero-order chi connectivity index (χ0) is 10.7. The molecular formula is C10H14BrN3S. The first kappa shape index (κ1) is 11.2. The van der Waals surface area contributed by atoms with E-state index >= 15 is 0 Å². The van der Waals surface area contributed by atoms with Gasteiger partial charge in [-0.3, -0.25) is 0 Å². The van der Waals surface area contributed by atoms with E-state index in [2.05, 4.69) is 49.9 Å². The largest absolute Gasteiger partial charge is 0.369 e. The van der Waals surface area contributed by atoms with Crippen LogP contribution in [0.15, 0.2) is 17.0 Å². The van der Waals surface area contributed by atoms with E-state index in [4.69, 9.17) is 0 Å². The van der Waals surface area contributed by atoms with Crippen molar-refractivity contribution in [2.75, 3.05) is 17.6 Å². The van der Waals surface area contributed by atoms with Crippen LogP contribution < -0.4 is 5.32 Å². The molecule has 0 radical (unpaired) electrons. The molecule has 1 aromatic rings. The third kappa shape index (κ3) is 3.08. The van der Waals surface area contributed by atoms with Gasteiger partial charge in [0.2, 0.25) is 0 Å². The first-order valence-corrected chi connectivity index (χ1v) is 6.81. The lowest BCUT2D eigenvalue weighted by Crippen LogP contribution is -2.27. The van der Waals surface area contributed by atoms with E-state index in [9.17, 15) is 0 Å². The van der Waals surface area contributed by atoms with Gasteiger partial charge >= 0.3 is 0 Å². The molecule has 3 nitrogen and oxygen atoms in total. The summed E-state index contributed by atoms with van der Waals surface area (Å²) in [6.45, 7) is 3.29. The van der Waals surface area contributed by atoms with Crippen LogP contribution in [0, 0.1) is 0 Å². The van der Waals surface area contributed by atoms with Gasteiger partial charge in [0.25, 0.3) is 0 Å². The molecule has 1 N–H and O–H groups in total. The molecule has 1 atom stereocenters. The number of thioether (sulfide) groups is 1. The van der Waals surface area contributed by atoms with Crippen LogP contribution in [0.2, 0.25) is 0 Å². The highest BCUT2D eigenvalue weighted by Crippen LogP contribution is 2.37. The van der Waals surface area contributed by atoms with E-state index in [0.717, 1.165) is 17.0 Å². The van der Waals surface area contributed by atoms with E-state index in [-0.39, 0.29) is 0 Å². The molecular weight excluding hydrogens is 274 g/mol. The predicted octanol–water partition coefficient (Wildman–Crippen LogP) is 2.94. The van der Waals surface area contributed by atoms with E-state index in [1.165, 1.54) is 18.6 Å². The van der Waals surface area contributed by atoms with Gasteiger partial charge in [0.05, 0.1) is 0 Å². The molecule has 1 aliphatic heterocycles. The summed E-state index contributed by atoms with van der Waals surface area (Å²) in [5, 5.41) is 3.37. The van der Waals surface area contributed by atoms with Crippen molar-refractivity contribution >= 4 is 33.5 Å². The first-order chi connectivity index (χ1) is 7.18. The van der Waals surface area contributed by atoms with Gasteiger partial charge in [0, 0.05) is 17.4 Å². The van der Waals surface area contributed by atoms with Crippen LogP contribution in [0.1, 0.15) is 19.8 Å². The molecule has 1 unspecified atom stereocenters. The maximum absolute atomic E-state index is 4.17. The highest BCUT2D eigenvalue weighted by atomic mass is 79.9.